The summed E-state index contributed by atoms with van der Waals surface area (Å²) in [4.78, 5) is 30.4. The van der Waals surface area contributed by atoms with Crippen molar-refractivity contribution < 1.29 is 24.5 Å². The van der Waals surface area contributed by atoms with E-state index in [2.05, 4.69) is 10.3 Å². The fourth-order valence-corrected chi connectivity index (χ4v) is 6.89. The summed E-state index contributed by atoms with van der Waals surface area (Å²) in [5.74, 6) is -0.886. The molecule has 2 aliphatic heterocycles. The lowest BCUT2D eigenvalue weighted by Crippen LogP contribution is -2.44. The van der Waals surface area contributed by atoms with E-state index in [0.717, 1.165) is 11.1 Å². The molecular formula is C39H36ClN5O5. The summed E-state index contributed by atoms with van der Waals surface area (Å²) < 4.78 is 7.34. The minimum atomic E-state index is -1.85. The summed E-state index contributed by atoms with van der Waals surface area (Å²) >= 11 is 6.40. The van der Waals surface area contributed by atoms with Crippen LogP contribution in [-0.2, 0) is 28.3 Å². The van der Waals surface area contributed by atoms with Crippen LogP contribution in [0.5, 0.6) is 5.75 Å². The molecule has 50 heavy (non-hydrogen) atoms. The topological polar surface area (TPSA) is 121 Å². The van der Waals surface area contributed by atoms with Crippen molar-refractivity contribution in [3.63, 3.8) is 0 Å². The van der Waals surface area contributed by atoms with E-state index in [0.29, 0.717) is 52.1 Å². The van der Waals surface area contributed by atoms with Crippen molar-refractivity contribution in [3.05, 3.63) is 143 Å². The molecule has 0 fully saturated rings. The predicted octanol–water partition coefficient (Wildman–Crippen LogP) is 6.13. The lowest BCUT2D eigenvalue weighted by molar-refractivity contribution is -0.139. The molecule has 1 aromatic heterocycles. The number of hydrogen-bond donors (Lipinski definition) is 2. The first-order chi connectivity index (χ1) is 24.3. The van der Waals surface area contributed by atoms with Crippen molar-refractivity contribution in [1.29, 1.82) is 0 Å². The third kappa shape index (κ3) is 6.17. The van der Waals surface area contributed by atoms with Crippen LogP contribution in [0.3, 0.4) is 0 Å². The second-order valence-corrected chi connectivity index (χ2v) is 13.0. The SMILES string of the molecule is C[C@H](/C=C/CCn1cc(C(CO)c2ccccc2)nn1)[C@@]1(O)C(=O)N(Cc2cccc(N3C(=O)COc4ccccc43)c2)c2ccc(Cl)cc21. The molecule has 0 bridgehead atoms. The third-order valence-corrected chi connectivity index (χ3v) is 9.59. The molecule has 254 valence electrons. The van der Waals surface area contributed by atoms with Crippen LogP contribution in [0.2, 0.25) is 5.02 Å². The van der Waals surface area contributed by atoms with Gasteiger partial charge < -0.3 is 19.8 Å². The smallest absolute Gasteiger partial charge is 0.269 e. The van der Waals surface area contributed by atoms with Gasteiger partial charge in [-0.25, -0.2) is 0 Å². The monoisotopic (exact) mass is 689 g/mol. The largest absolute Gasteiger partial charge is 0.482 e. The Hall–Kier alpha value is -5.29. The highest BCUT2D eigenvalue weighted by molar-refractivity contribution is 6.31. The average molecular weight is 690 g/mol. The summed E-state index contributed by atoms with van der Waals surface area (Å²) in [6.45, 7) is 2.35. The molecule has 0 radical (unpaired) electrons. The van der Waals surface area contributed by atoms with Crippen molar-refractivity contribution in [1.82, 2.24) is 15.0 Å². The van der Waals surface area contributed by atoms with Gasteiger partial charge in [0, 0.05) is 34.9 Å². The number of aliphatic hydroxyl groups excluding tert-OH is 1. The zero-order chi connectivity index (χ0) is 34.8. The number of hydrogen-bond acceptors (Lipinski definition) is 7. The van der Waals surface area contributed by atoms with Crippen LogP contribution in [0.4, 0.5) is 17.1 Å². The van der Waals surface area contributed by atoms with E-state index >= 15 is 0 Å². The summed E-state index contributed by atoms with van der Waals surface area (Å²) in [5, 5.41) is 31.1. The number of para-hydroxylation sites is 2. The molecule has 3 heterocycles. The number of carbonyl (C=O) groups is 2. The van der Waals surface area contributed by atoms with E-state index in [4.69, 9.17) is 16.3 Å². The molecule has 0 saturated heterocycles. The van der Waals surface area contributed by atoms with Crippen LogP contribution >= 0.6 is 11.6 Å². The Labute approximate surface area is 294 Å². The van der Waals surface area contributed by atoms with E-state index in [-0.39, 0.29) is 31.6 Å². The van der Waals surface area contributed by atoms with Gasteiger partial charge in [0.1, 0.15) is 5.75 Å². The van der Waals surface area contributed by atoms with Gasteiger partial charge in [0.15, 0.2) is 12.2 Å². The molecule has 11 heteroatoms. The number of rotatable bonds is 11. The van der Waals surface area contributed by atoms with Crippen LogP contribution in [0, 0.1) is 5.92 Å². The van der Waals surface area contributed by atoms with Crippen LogP contribution in [0.1, 0.15) is 41.6 Å². The molecular weight excluding hydrogens is 654 g/mol. The number of halogens is 1. The van der Waals surface area contributed by atoms with Crippen LogP contribution < -0.4 is 14.5 Å². The fraction of sp³-hybridized carbons (Fsp3) is 0.231. The zero-order valence-corrected chi connectivity index (χ0v) is 28.1. The second-order valence-electron chi connectivity index (χ2n) is 12.5. The highest BCUT2D eigenvalue weighted by Gasteiger charge is 2.52. The Morgan fingerprint density at radius 2 is 1.78 bits per heavy atom. The number of anilines is 3. The standard InChI is InChI=1S/C39H36ClN5O5/c1-26(10-7-8-19-43-23-33(41-42-43)31(24-46)28-12-3-2-4-13-28)39(49)32-21-29(40)17-18-34(32)44(38(39)48)22-27-11-9-14-30(20-27)45-35-15-5-6-16-36(35)50-25-37(45)47/h2-7,9-18,20-21,23,26,31,46,49H,8,19,22,24-25H2,1H3/b10-7+/t26-,31?,39+/m1/s1. The number of aliphatic hydroxyl groups is 2. The van der Waals surface area contributed by atoms with Crippen molar-refractivity contribution in [2.45, 2.75) is 38.0 Å². The van der Waals surface area contributed by atoms with Crippen LogP contribution in [0.25, 0.3) is 0 Å². The number of nitrogens with zero attached hydrogens (tertiary/aromatic N) is 5. The van der Waals surface area contributed by atoms with Gasteiger partial charge >= 0.3 is 0 Å². The predicted molar refractivity (Wildman–Crippen MR) is 190 cm³/mol. The average Bonchev–Trinajstić information content (AvgIpc) is 3.68. The van der Waals surface area contributed by atoms with Gasteiger partial charge in [0.05, 0.1) is 36.1 Å². The minimum Gasteiger partial charge on any atom is -0.482 e. The number of ether oxygens (including phenoxy) is 1. The van der Waals surface area contributed by atoms with Crippen molar-refractivity contribution >= 4 is 40.5 Å². The molecule has 2 amide bonds. The Balaban J connectivity index is 1.07. The Morgan fingerprint density at radius 3 is 2.60 bits per heavy atom. The van der Waals surface area contributed by atoms with E-state index in [1.165, 1.54) is 0 Å². The number of aromatic nitrogens is 3. The Bertz CT molecular complexity index is 2070. The maximum atomic E-state index is 14.2. The molecule has 2 N–H and O–H groups in total. The minimum absolute atomic E-state index is 0.0727. The van der Waals surface area contributed by atoms with Crippen molar-refractivity contribution in [3.8, 4) is 5.75 Å². The molecule has 4 aromatic carbocycles. The van der Waals surface area contributed by atoms with E-state index in [9.17, 15) is 19.8 Å². The van der Waals surface area contributed by atoms with E-state index < -0.39 is 17.4 Å². The number of allylic oxidation sites excluding steroid dienone is 1. The van der Waals surface area contributed by atoms with E-state index in [1.54, 1.807) is 32.7 Å². The highest BCUT2D eigenvalue weighted by Crippen LogP contribution is 2.47. The summed E-state index contributed by atoms with van der Waals surface area (Å²) in [5.41, 5.74) is 2.90. The van der Waals surface area contributed by atoms with Crippen LogP contribution in [-0.4, -0.2) is 50.2 Å². The second kappa shape index (κ2) is 13.9. The van der Waals surface area contributed by atoms with Gasteiger partial charge in [0.25, 0.3) is 11.8 Å². The molecule has 10 nitrogen and oxygen atoms in total. The summed E-state index contributed by atoms with van der Waals surface area (Å²) in [6, 6.07) is 29.6. The van der Waals surface area contributed by atoms with Gasteiger partial charge in [-0.05, 0) is 60.0 Å². The molecule has 5 aromatic rings. The number of aryl methyl sites for hydroxylation is 1. The van der Waals surface area contributed by atoms with Gasteiger partial charge in [-0.1, -0.05) is 90.5 Å². The molecule has 1 unspecified atom stereocenters. The Morgan fingerprint density at radius 1 is 0.980 bits per heavy atom. The molecule has 3 atom stereocenters. The third-order valence-electron chi connectivity index (χ3n) is 9.35. The number of carbonyl (C=O) groups excluding carboxylic acids is 2. The number of benzene rings is 4. The molecule has 0 spiro atoms. The molecule has 0 saturated carbocycles. The molecule has 7 rings (SSSR count). The molecule has 0 aliphatic carbocycles. The maximum Gasteiger partial charge on any atom is 0.269 e. The summed E-state index contributed by atoms with van der Waals surface area (Å²) in [7, 11) is 0. The quantitative estimate of drug-likeness (QED) is 0.160. The number of amides is 2. The van der Waals surface area contributed by atoms with Gasteiger partial charge in [-0.2, -0.15) is 0 Å². The Kier molecular flexibility index (Phi) is 9.24. The first kappa shape index (κ1) is 33.2. The van der Waals surface area contributed by atoms with Gasteiger partial charge in [0.2, 0.25) is 0 Å². The van der Waals surface area contributed by atoms with Crippen molar-refractivity contribution in [2.24, 2.45) is 5.92 Å². The lowest BCUT2D eigenvalue weighted by atomic mass is 9.83. The number of fused-ring (bicyclic) bond motifs is 2. The van der Waals surface area contributed by atoms with Gasteiger partial charge in [-0.3, -0.25) is 19.2 Å². The molecule has 2 aliphatic rings. The first-order valence-corrected chi connectivity index (χ1v) is 16.9. The van der Waals surface area contributed by atoms with E-state index in [1.807, 2.05) is 104 Å². The van der Waals surface area contributed by atoms with Gasteiger partial charge in [-0.15, -0.1) is 5.10 Å². The van der Waals surface area contributed by atoms with Crippen molar-refractivity contribution in [2.75, 3.05) is 23.0 Å². The first-order valence-electron chi connectivity index (χ1n) is 16.5. The maximum absolute atomic E-state index is 14.2. The highest BCUT2D eigenvalue weighted by atomic mass is 35.5. The zero-order valence-electron chi connectivity index (χ0n) is 27.4. The van der Waals surface area contributed by atoms with Crippen LogP contribution in [0.15, 0.2) is 115 Å². The summed E-state index contributed by atoms with van der Waals surface area (Å²) in [6.07, 6.45) is 6.17. The lowest BCUT2D eigenvalue weighted by Gasteiger charge is -2.30. The normalized spacial score (nSPS) is 18.2. The fourth-order valence-electron chi connectivity index (χ4n) is 6.72.